The van der Waals surface area contributed by atoms with Crippen LogP contribution in [0.1, 0.15) is 35.7 Å². The van der Waals surface area contributed by atoms with Crippen molar-refractivity contribution in [3.8, 4) is 0 Å². The Morgan fingerprint density at radius 3 is 2.81 bits per heavy atom. The average molecular weight is 436 g/mol. The lowest BCUT2D eigenvalue weighted by atomic mass is 10.0. The number of likely N-dealkylation sites (tertiary alicyclic amines) is 1. The van der Waals surface area contributed by atoms with Crippen molar-refractivity contribution in [2.45, 2.75) is 32.0 Å². The zero-order chi connectivity index (χ0) is 22.4. The summed E-state index contributed by atoms with van der Waals surface area (Å²) in [5, 5.41) is 5.55. The molecule has 0 saturated carbocycles. The first-order valence-electron chi connectivity index (χ1n) is 9.89. The highest BCUT2D eigenvalue weighted by molar-refractivity contribution is 5.99. The Morgan fingerprint density at radius 2 is 2.06 bits per heavy atom. The molecule has 2 amide bonds. The van der Waals surface area contributed by atoms with Gasteiger partial charge in [0.2, 0.25) is 0 Å². The van der Waals surface area contributed by atoms with Crippen molar-refractivity contribution in [2.24, 2.45) is 0 Å². The predicted molar refractivity (Wildman–Crippen MR) is 108 cm³/mol. The second-order valence-electron chi connectivity index (χ2n) is 7.06. The van der Waals surface area contributed by atoms with Crippen molar-refractivity contribution in [3.05, 3.63) is 53.7 Å². The number of piperidine rings is 1. The number of aromatic nitrogens is 1. The quantitative estimate of drug-likeness (QED) is 0.734. The topological polar surface area (TPSA) is 83.6 Å². The van der Waals surface area contributed by atoms with Gasteiger partial charge in [-0.1, -0.05) is 6.07 Å². The Hall–Kier alpha value is -3.30. The summed E-state index contributed by atoms with van der Waals surface area (Å²) >= 11 is 0. The van der Waals surface area contributed by atoms with Crippen molar-refractivity contribution in [3.63, 3.8) is 0 Å². The fourth-order valence-electron chi connectivity index (χ4n) is 3.38. The lowest BCUT2D eigenvalue weighted by Gasteiger charge is -2.33. The van der Waals surface area contributed by atoms with Gasteiger partial charge in [-0.15, -0.1) is 0 Å². The van der Waals surface area contributed by atoms with E-state index in [2.05, 4.69) is 15.6 Å². The molecule has 3 rings (SSSR count). The summed E-state index contributed by atoms with van der Waals surface area (Å²) in [5.41, 5.74) is -0.398. The van der Waals surface area contributed by atoms with Gasteiger partial charge in [-0.2, -0.15) is 13.2 Å². The highest BCUT2D eigenvalue weighted by Crippen LogP contribution is 2.31. The second kappa shape index (κ2) is 9.67. The molecule has 166 valence electrons. The van der Waals surface area contributed by atoms with E-state index in [1.165, 1.54) is 18.3 Å². The van der Waals surface area contributed by atoms with Crippen LogP contribution < -0.4 is 10.6 Å². The predicted octanol–water partition coefficient (Wildman–Crippen LogP) is 4.19. The summed E-state index contributed by atoms with van der Waals surface area (Å²) in [6.07, 6.45) is -2.15. The number of hydrogen-bond donors (Lipinski definition) is 2. The van der Waals surface area contributed by atoms with Crippen molar-refractivity contribution in [1.82, 2.24) is 15.2 Å². The van der Waals surface area contributed by atoms with Crippen molar-refractivity contribution < 1.29 is 27.5 Å². The number of amides is 2. The normalized spacial score (nSPS) is 16.5. The molecule has 2 N–H and O–H groups in total. The summed E-state index contributed by atoms with van der Waals surface area (Å²) in [6, 6.07) is 7.59. The third kappa shape index (κ3) is 5.87. The molecule has 1 saturated heterocycles. The molecule has 1 fully saturated rings. The van der Waals surface area contributed by atoms with Gasteiger partial charge in [-0.25, -0.2) is 9.78 Å². The monoisotopic (exact) mass is 436 g/mol. The number of hydrogen-bond acceptors (Lipinski definition) is 5. The van der Waals surface area contributed by atoms with Crippen LogP contribution in [0.5, 0.6) is 0 Å². The van der Waals surface area contributed by atoms with Gasteiger partial charge in [0.15, 0.2) is 0 Å². The smallest absolute Gasteiger partial charge is 0.416 e. The third-order valence-corrected chi connectivity index (χ3v) is 4.80. The number of benzene rings is 1. The number of rotatable bonds is 5. The molecule has 0 aliphatic carbocycles. The van der Waals surface area contributed by atoms with Crippen LogP contribution in [0.4, 0.5) is 29.5 Å². The Kier molecular flexibility index (Phi) is 6.98. The van der Waals surface area contributed by atoms with Crippen molar-refractivity contribution in [1.29, 1.82) is 0 Å². The van der Waals surface area contributed by atoms with Gasteiger partial charge in [0.1, 0.15) is 5.82 Å². The minimum Gasteiger partial charge on any atom is -0.450 e. The van der Waals surface area contributed by atoms with Crippen LogP contribution in [-0.4, -0.2) is 47.6 Å². The molecule has 0 radical (unpaired) electrons. The Bertz CT molecular complexity index is 936. The SMILES string of the molecule is CCOC(=O)NC1CCCN(C(=O)c2cccnc2Nc2cccc(C(F)(F)F)c2)C1. The van der Waals surface area contributed by atoms with Crippen LogP contribution in [0.25, 0.3) is 0 Å². The van der Waals surface area contributed by atoms with Gasteiger partial charge in [-0.05, 0) is 50.1 Å². The molecule has 1 aromatic heterocycles. The number of carbonyl (C=O) groups excluding carboxylic acids is 2. The van der Waals surface area contributed by atoms with Crippen molar-refractivity contribution >= 4 is 23.5 Å². The van der Waals surface area contributed by atoms with Crippen LogP contribution in [0.3, 0.4) is 0 Å². The van der Waals surface area contributed by atoms with Crippen LogP contribution >= 0.6 is 0 Å². The maximum absolute atomic E-state index is 13.1. The molecule has 31 heavy (non-hydrogen) atoms. The van der Waals surface area contributed by atoms with E-state index in [1.54, 1.807) is 24.0 Å². The van der Waals surface area contributed by atoms with Gasteiger partial charge in [-0.3, -0.25) is 4.79 Å². The first kappa shape index (κ1) is 22.4. The summed E-state index contributed by atoms with van der Waals surface area (Å²) in [6.45, 7) is 2.76. The van der Waals surface area contributed by atoms with E-state index in [1.807, 2.05) is 0 Å². The van der Waals surface area contributed by atoms with Crippen molar-refractivity contribution in [2.75, 3.05) is 25.0 Å². The number of alkyl halides is 3. The number of pyridine rings is 1. The summed E-state index contributed by atoms with van der Waals surface area (Å²) in [7, 11) is 0. The van der Waals surface area contributed by atoms with E-state index in [9.17, 15) is 22.8 Å². The number of nitrogens with one attached hydrogen (secondary N) is 2. The van der Waals surface area contributed by atoms with E-state index < -0.39 is 17.8 Å². The number of carbonyl (C=O) groups is 2. The zero-order valence-corrected chi connectivity index (χ0v) is 16.9. The first-order chi connectivity index (χ1) is 14.8. The second-order valence-corrected chi connectivity index (χ2v) is 7.06. The molecule has 1 aliphatic heterocycles. The standard InChI is InChI=1S/C21H23F3N4O3/c1-2-31-20(30)27-16-8-5-11-28(13-16)19(29)17-9-4-10-25-18(17)26-15-7-3-6-14(12-15)21(22,23)24/h3-4,6-7,9-10,12,16H,2,5,8,11,13H2,1H3,(H,25,26)(H,27,30). The molecule has 0 spiro atoms. The maximum Gasteiger partial charge on any atom is 0.416 e. The molecule has 10 heteroatoms. The zero-order valence-electron chi connectivity index (χ0n) is 16.9. The number of alkyl carbamates (subject to hydrolysis) is 1. The summed E-state index contributed by atoms with van der Waals surface area (Å²) < 4.78 is 43.9. The van der Waals surface area contributed by atoms with E-state index in [-0.39, 0.29) is 35.6 Å². The van der Waals surface area contributed by atoms with Gasteiger partial charge >= 0.3 is 12.3 Å². The van der Waals surface area contributed by atoms with Crippen LogP contribution in [0, 0.1) is 0 Å². The first-order valence-corrected chi connectivity index (χ1v) is 9.89. The molecule has 7 nitrogen and oxygen atoms in total. The van der Waals surface area contributed by atoms with Gasteiger partial charge < -0.3 is 20.3 Å². The van der Waals surface area contributed by atoms with E-state index in [0.29, 0.717) is 25.9 Å². The Morgan fingerprint density at radius 1 is 1.26 bits per heavy atom. The number of ether oxygens (including phenoxy) is 1. The van der Waals surface area contributed by atoms with E-state index in [4.69, 9.17) is 4.74 Å². The number of anilines is 2. The molecular formula is C21H23F3N4O3. The lowest BCUT2D eigenvalue weighted by molar-refractivity contribution is -0.137. The third-order valence-electron chi connectivity index (χ3n) is 4.80. The Labute approximate surface area is 177 Å². The average Bonchev–Trinajstić information content (AvgIpc) is 2.73. The molecule has 0 bridgehead atoms. The van der Waals surface area contributed by atoms with E-state index >= 15 is 0 Å². The largest absolute Gasteiger partial charge is 0.450 e. The summed E-state index contributed by atoms with van der Waals surface area (Å²) in [5.74, 6) is -0.162. The fraction of sp³-hybridized carbons (Fsp3) is 0.381. The van der Waals surface area contributed by atoms with Crippen LogP contribution in [0.15, 0.2) is 42.6 Å². The highest BCUT2D eigenvalue weighted by Gasteiger charge is 2.31. The minimum atomic E-state index is -4.48. The molecule has 1 atom stereocenters. The minimum absolute atomic E-state index is 0.160. The van der Waals surface area contributed by atoms with Crippen LogP contribution in [0.2, 0.25) is 0 Å². The Balaban J connectivity index is 1.75. The molecule has 2 heterocycles. The molecule has 1 aliphatic rings. The maximum atomic E-state index is 13.1. The molecule has 1 unspecified atom stereocenters. The lowest BCUT2D eigenvalue weighted by Crippen LogP contribution is -2.49. The number of nitrogens with zero attached hydrogens (tertiary/aromatic N) is 2. The highest BCUT2D eigenvalue weighted by atomic mass is 19.4. The van der Waals surface area contributed by atoms with Gasteiger partial charge in [0.25, 0.3) is 5.91 Å². The van der Waals surface area contributed by atoms with Gasteiger partial charge in [0, 0.05) is 31.0 Å². The summed E-state index contributed by atoms with van der Waals surface area (Å²) in [4.78, 5) is 30.5. The number of halogens is 3. The molecule has 1 aromatic carbocycles. The van der Waals surface area contributed by atoms with Crippen LogP contribution in [-0.2, 0) is 10.9 Å². The fourth-order valence-corrected chi connectivity index (χ4v) is 3.38. The van der Waals surface area contributed by atoms with Gasteiger partial charge in [0.05, 0.1) is 17.7 Å². The van der Waals surface area contributed by atoms with E-state index in [0.717, 1.165) is 12.1 Å². The molecule has 2 aromatic rings. The molecular weight excluding hydrogens is 413 g/mol.